The first-order valence-electron chi connectivity index (χ1n) is 7.45. The third kappa shape index (κ3) is 12.2. The lowest BCUT2D eigenvalue weighted by Gasteiger charge is -2.21. The van der Waals surface area contributed by atoms with Crippen molar-refractivity contribution in [3.8, 4) is 0 Å². The van der Waals surface area contributed by atoms with Gasteiger partial charge in [-0.05, 0) is 32.5 Å². The van der Waals surface area contributed by atoms with Crippen molar-refractivity contribution < 1.29 is 14.0 Å². The van der Waals surface area contributed by atoms with Gasteiger partial charge in [0.1, 0.15) is 0 Å². The molecule has 0 aliphatic rings. The molecule has 3 nitrogen and oxygen atoms in total. The van der Waals surface area contributed by atoms with Gasteiger partial charge < -0.3 is 9.16 Å². The highest BCUT2D eigenvalue weighted by Crippen LogP contribution is 2.17. The number of carbonyl (C=O) groups is 1. The van der Waals surface area contributed by atoms with E-state index in [4.69, 9.17) is 9.16 Å². The van der Waals surface area contributed by atoms with Crippen molar-refractivity contribution in [3.05, 3.63) is 12.7 Å². The molecule has 0 N–H and O–H groups in total. The summed E-state index contributed by atoms with van der Waals surface area (Å²) >= 11 is 0. The van der Waals surface area contributed by atoms with Crippen LogP contribution >= 0.6 is 0 Å². The Hall–Kier alpha value is -0.613. The molecule has 0 radical (unpaired) electrons. The molecular weight excluding hydrogens is 256 g/mol. The average Bonchev–Trinajstić information content (AvgIpc) is 2.36. The minimum Gasteiger partial charge on any atom is -0.463 e. The van der Waals surface area contributed by atoms with E-state index in [1.54, 1.807) is 0 Å². The second-order valence-corrected chi connectivity index (χ2v) is 9.74. The summed E-state index contributed by atoms with van der Waals surface area (Å²) in [6, 6.07) is 1.26. The van der Waals surface area contributed by atoms with Crippen molar-refractivity contribution in [2.45, 2.75) is 64.6 Å². The van der Waals surface area contributed by atoms with Gasteiger partial charge in [0, 0.05) is 12.7 Å². The minimum atomic E-state index is -1.37. The summed E-state index contributed by atoms with van der Waals surface area (Å²) in [5.41, 5.74) is 0. The van der Waals surface area contributed by atoms with E-state index in [0.29, 0.717) is 6.61 Å². The van der Waals surface area contributed by atoms with Crippen LogP contribution < -0.4 is 0 Å². The molecule has 0 saturated carbocycles. The maximum atomic E-state index is 10.8. The van der Waals surface area contributed by atoms with E-state index in [-0.39, 0.29) is 5.97 Å². The van der Waals surface area contributed by atoms with Crippen molar-refractivity contribution in [2.75, 3.05) is 13.2 Å². The summed E-state index contributed by atoms with van der Waals surface area (Å²) in [6.07, 6.45) is 8.37. The Morgan fingerprint density at radius 1 is 1.11 bits per heavy atom. The highest BCUT2D eigenvalue weighted by molar-refractivity contribution is 6.71. The van der Waals surface area contributed by atoms with Crippen LogP contribution in [0.3, 0.4) is 0 Å². The van der Waals surface area contributed by atoms with Crippen LogP contribution in [-0.4, -0.2) is 27.5 Å². The maximum Gasteiger partial charge on any atom is 0.330 e. The Labute approximate surface area is 119 Å². The van der Waals surface area contributed by atoms with Gasteiger partial charge in [-0.15, -0.1) is 0 Å². The van der Waals surface area contributed by atoms with Gasteiger partial charge in [-0.2, -0.15) is 0 Å². The lowest BCUT2D eigenvalue weighted by atomic mass is 10.1. The van der Waals surface area contributed by atoms with Crippen LogP contribution in [0.15, 0.2) is 12.7 Å². The molecule has 0 spiro atoms. The molecule has 0 aromatic heterocycles. The van der Waals surface area contributed by atoms with Gasteiger partial charge >= 0.3 is 5.97 Å². The number of ether oxygens (including phenoxy) is 1. The van der Waals surface area contributed by atoms with E-state index in [9.17, 15) is 4.79 Å². The van der Waals surface area contributed by atoms with Crippen LogP contribution in [0.25, 0.3) is 0 Å². The molecule has 0 unspecified atom stereocenters. The maximum absolute atomic E-state index is 10.8. The van der Waals surface area contributed by atoms with Gasteiger partial charge in [0.25, 0.3) is 0 Å². The molecule has 0 amide bonds. The van der Waals surface area contributed by atoms with Crippen molar-refractivity contribution in [3.63, 3.8) is 0 Å². The largest absolute Gasteiger partial charge is 0.463 e. The molecule has 0 bridgehead atoms. The van der Waals surface area contributed by atoms with Crippen molar-refractivity contribution in [1.29, 1.82) is 0 Å². The fourth-order valence-electron chi connectivity index (χ4n) is 2.05. The summed E-state index contributed by atoms with van der Waals surface area (Å²) in [5, 5.41) is 0. The monoisotopic (exact) mass is 286 g/mol. The third-order valence-corrected chi connectivity index (χ3v) is 5.75. The summed E-state index contributed by atoms with van der Waals surface area (Å²) < 4.78 is 10.7. The molecule has 0 aliphatic carbocycles. The van der Waals surface area contributed by atoms with Gasteiger partial charge in [0.15, 0.2) is 8.32 Å². The molecule has 0 saturated heterocycles. The lowest BCUT2D eigenvalue weighted by Crippen LogP contribution is -2.29. The third-order valence-electron chi connectivity index (χ3n) is 3.12. The van der Waals surface area contributed by atoms with Crippen LogP contribution in [0, 0.1) is 0 Å². The quantitative estimate of drug-likeness (QED) is 0.232. The molecule has 112 valence electrons. The average molecular weight is 286 g/mol. The van der Waals surface area contributed by atoms with E-state index in [0.717, 1.165) is 19.4 Å². The highest BCUT2D eigenvalue weighted by atomic mass is 28.4. The van der Waals surface area contributed by atoms with Crippen LogP contribution in [-0.2, 0) is 14.0 Å². The van der Waals surface area contributed by atoms with E-state index in [1.165, 1.54) is 37.8 Å². The molecule has 0 heterocycles. The van der Waals surface area contributed by atoms with E-state index in [1.807, 2.05) is 0 Å². The van der Waals surface area contributed by atoms with Crippen molar-refractivity contribution in [1.82, 2.24) is 0 Å². The fraction of sp³-hybridized carbons (Fsp3) is 0.800. The Morgan fingerprint density at radius 3 is 2.26 bits per heavy atom. The Morgan fingerprint density at radius 2 is 1.68 bits per heavy atom. The normalized spacial score (nSPS) is 11.3. The smallest absolute Gasteiger partial charge is 0.330 e. The van der Waals surface area contributed by atoms with Gasteiger partial charge in [0.2, 0.25) is 0 Å². The summed E-state index contributed by atoms with van der Waals surface area (Å²) in [5.74, 6) is -0.317. The van der Waals surface area contributed by atoms with Crippen LogP contribution in [0.2, 0.25) is 19.1 Å². The molecule has 0 aromatic rings. The first-order valence-corrected chi connectivity index (χ1v) is 10.6. The zero-order valence-electron chi connectivity index (χ0n) is 12.9. The molecule has 0 aromatic carbocycles. The molecule has 4 heteroatoms. The number of carbonyl (C=O) groups excluding carboxylic acids is 1. The zero-order chi connectivity index (χ0) is 14.6. The number of unbranched alkanes of at least 4 members (excludes halogenated alkanes) is 5. The Balaban J connectivity index is 3.27. The number of hydrogen-bond acceptors (Lipinski definition) is 3. The molecule has 0 aliphatic heterocycles. The standard InChI is InChI=1S/C15H30O3Si/c1-5-15(16)17-13-11-9-7-8-10-12-14-19(3,4)18-6-2/h5H,1,6-14H2,2-4H3. The van der Waals surface area contributed by atoms with Crippen LogP contribution in [0.4, 0.5) is 0 Å². The summed E-state index contributed by atoms with van der Waals surface area (Å²) in [7, 11) is -1.37. The van der Waals surface area contributed by atoms with Gasteiger partial charge in [-0.1, -0.05) is 38.7 Å². The minimum absolute atomic E-state index is 0.317. The van der Waals surface area contributed by atoms with E-state index in [2.05, 4.69) is 26.6 Å². The van der Waals surface area contributed by atoms with E-state index >= 15 is 0 Å². The second kappa shape index (κ2) is 11.2. The molecule has 0 fully saturated rings. The topological polar surface area (TPSA) is 35.5 Å². The zero-order valence-corrected chi connectivity index (χ0v) is 13.9. The van der Waals surface area contributed by atoms with Crippen molar-refractivity contribution >= 4 is 14.3 Å². The first-order chi connectivity index (χ1) is 9.02. The summed E-state index contributed by atoms with van der Waals surface area (Å²) in [4.78, 5) is 10.8. The van der Waals surface area contributed by atoms with Crippen molar-refractivity contribution in [2.24, 2.45) is 0 Å². The van der Waals surface area contributed by atoms with E-state index < -0.39 is 8.32 Å². The molecular formula is C15H30O3Si. The Bertz CT molecular complexity index is 252. The fourth-order valence-corrected chi connectivity index (χ4v) is 4.08. The molecule has 0 atom stereocenters. The molecule has 0 rings (SSSR count). The second-order valence-electron chi connectivity index (χ2n) is 5.44. The number of hydrogen-bond donors (Lipinski definition) is 0. The lowest BCUT2D eigenvalue weighted by molar-refractivity contribution is -0.137. The summed E-state index contributed by atoms with van der Waals surface area (Å²) in [6.45, 7) is 11.4. The highest BCUT2D eigenvalue weighted by Gasteiger charge is 2.20. The number of esters is 1. The number of rotatable bonds is 12. The predicted molar refractivity (Wildman–Crippen MR) is 82.8 cm³/mol. The van der Waals surface area contributed by atoms with Crippen LogP contribution in [0.1, 0.15) is 45.4 Å². The van der Waals surface area contributed by atoms with Gasteiger partial charge in [0.05, 0.1) is 6.61 Å². The van der Waals surface area contributed by atoms with Crippen LogP contribution in [0.5, 0.6) is 0 Å². The molecule has 19 heavy (non-hydrogen) atoms. The Kier molecular flexibility index (Phi) is 10.9. The first kappa shape index (κ1) is 18.4. The SMILES string of the molecule is C=CC(=O)OCCCCCCCC[Si](C)(C)OCC. The predicted octanol–water partition coefficient (Wildman–Crippen LogP) is 4.30. The van der Waals surface area contributed by atoms with Gasteiger partial charge in [-0.25, -0.2) is 4.79 Å². The van der Waals surface area contributed by atoms with Gasteiger partial charge in [-0.3, -0.25) is 0 Å².